The second-order valence-electron chi connectivity index (χ2n) is 4.70. The summed E-state index contributed by atoms with van der Waals surface area (Å²) in [5, 5.41) is 16.6. The zero-order valence-corrected chi connectivity index (χ0v) is 11.7. The van der Waals surface area contributed by atoms with Crippen LogP contribution in [0.3, 0.4) is 0 Å². The molecule has 0 spiro atoms. The van der Waals surface area contributed by atoms with E-state index in [1.54, 1.807) is 7.11 Å². The van der Waals surface area contributed by atoms with Crippen molar-refractivity contribution in [3.8, 4) is 0 Å². The molecule has 6 nitrogen and oxygen atoms in total. The first kappa shape index (κ1) is 14.3. The molecule has 1 aromatic heterocycles. The van der Waals surface area contributed by atoms with Gasteiger partial charge in [-0.1, -0.05) is 12.1 Å². The minimum atomic E-state index is -1.02. The van der Waals surface area contributed by atoms with Crippen LogP contribution in [0.1, 0.15) is 24.9 Å². The minimum absolute atomic E-state index is 0.251. The fourth-order valence-electron chi connectivity index (χ4n) is 2.16. The number of nitrogens with one attached hydrogen (secondary N) is 1. The van der Waals surface area contributed by atoms with Crippen molar-refractivity contribution in [2.24, 2.45) is 0 Å². The third kappa shape index (κ3) is 3.27. The highest BCUT2D eigenvalue weighted by Crippen LogP contribution is 2.20. The van der Waals surface area contributed by atoms with Gasteiger partial charge in [0.05, 0.1) is 17.8 Å². The van der Waals surface area contributed by atoms with Gasteiger partial charge in [0.15, 0.2) is 0 Å². The standard InChI is InChI=1S/C14H19N3O3/c1-10(16-14(18)19)11-4-5-12-9-15-17(13(12)8-11)6-3-7-20-2/h4-5,8-10,16H,3,6-7H2,1-2H3,(H,18,19). The fourth-order valence-corrected chi connectivity index (χ4v) is 2.16. The van der Waals surface area contributed by atoms with E-state index in [9.17, 15) is 4.79 Å². The Labute approximate surface area is 117 Å². The van der Waals surface area contributed by atoms with Gasteiger partial charge in [-0.25, -0.2) is 4.79 Å². The quantitative estimate of drug-likeness (QED) is 0.795. The zero-order valence-electron chi connectivity index (χ0n) is 11.7. The van der Waals surface area contributed by atoms with Gasteiger partial charge in [-0.3, -0.25) is 4.68 Å². The third-order valence-corrected chi connectivity index (χ3v) is 3.23. The topological polar surface area (TPSA) is 76.4 Å². The van der Waals surface area contributed by atoms with Gasteiger partial charge < -0.3 is 15.2 Å². The van der Waals surface area contributed by atoms with Crippen LogP contribution in [0.25, 0.3) is 10.9 Å². The molecule has 2 rings (SSSR count). The number of carboxylic acid groups (broad SMARTS) is 1. The molecule has 108 valence electrons. The van der Waals surface area contributed by atoms with E-state index < -0.39 is 6.09 Å². The van der Waals surface area contributed by atoms with Crippen molar-refractivity contribution in [3.05, 3.63) is 30.0 Å². The van der Waals surface area contributed by atoms with E-state index in [0.29, 0.717) is 6.61 Å². The first-order chi connectivity index (χ1) is 9.61. The van der Waals surface area contributed by atoms with Gasteiger partial charge in [0, 0.05) is 25.6 Å². The lowest BCUT2D eigenvalue weighted by Gasteiger charge is -2.12. The normalized spacial score (nSPS) is 12.5. The average molecular weight is 277 g/mol. The highest BCUT2D eigenvalue weighted by molar-refractivity contribution is 5.79. The molecule has 1 amide bonds. The van der Waals surface area contributed by atoms with Crippen LogP contribution in [0.5, 0.6) is 0 Å². The molecule has 0 aliphatic heterocycles. The van der Waals surface area contributed by atoms with Crippen LogP contribution >= 0.6 is 0 Å². The molecule has 0 fully saturated rings. The summed E-state index contributed by atoms with van der Waals surface area (Å²) in [4.78, 5) is 10.7. The summed E-state index contributed by atoms with van der Waals surface area (Å²) in [6, 6.07) is 5.61. The molecular weight excluding hydrogens is 258 g/mol. The Kier molecular flexibility index (Phi) is 4.57. The van der Waals surface area contributed by atoms with E-state index in [4.69, 9.17) is 9.84 Å². The Hall–Kier alpha value is -2.08. The summed E-state index contributed by atoms with van der Waals surface area (Å²) < 4.78 is 6.96. The van der Waals surface area contributed by atoms with Crippen LogP contribution in [-0.2, 0) is 11.3 Å². The molecule has 6 heteroatoms. The number of aryl methyl sites for hydroxylation is 1. The number of amides is 1. The Morgan fingerprint density at radius 1 is 1.55 bits per heavy atom. The number of hydrogen-bond acceptors (Lipinski definition) is 3. The van der Waals surface area contributed by atoms with Crippen LogP contribution in [0, 0.1) is 0 Å². The Bertz CT molecular complexity index is 594. The highest BCUT2D eigenvalue weighted by Gasteiger charge is 2.10. The number of methoxy groups -OCH3 is 1. The van der Waals surface area contributed by atoms with Crippen LogP contribution in [0.4, 0.5) is 4.79 Å². The van der Waals surface area contributed by atoms with Crippen molar-refractivity contribution in [2.75, 3.05) is 13.7 Å². The molecule has 1 heterocycles. The Morgan fingerprint density at radius 2 is 2.35 bits per heavy atom. The van der Waals surface area contributed by atoms with E-state index in [2.05, 4.69) is 10.4 Å². The van der Waals surface area contributed by atoms with Crippen molar-refractivity contribution in [3.63, 3.8) is 0 Å². The largest absolute Gasteiger partial charge is 0.465 e. The fraction of sp³-hybridized carbons (Fsp3) is 0.429. The molecule has 0 bridgehead atoms. The van der Waals surface area contributed by atoms with Crippen LogP contribution < -0.4 is 5.32 Å². The predicted octanol–water partition coefficient (Wildman–Crippen LogP) is 2.40. The van der Waals surface area contributed by atoms with Crippen molar-refractivity contribution in [1.82, 2.24) is 15.1 Å². The first-order valence-corrected chi connectivity index (χ1v) is 6.55. The average Bonchev–Trinajstić information content (AvgIpc) is 2.81. The molecule has 2 aromatic rings. The molecule has 0 aliphatic rings. The van der Waals surface area contributed by atoms with Crippen LogP contribution in [0.15, 0.2) is 24.4 Å². The van der Waals surface area contributed by atoms with Crippen molar-refractivity contribution in [1.29, 1.82) is 0 Å². The van der Waals surface area contributed by atoms with Gasteiger partial charge in [-0.2, -0.15) is 5.10 Å². The summed E-state index contributed by atoms with van der Waals surface area (Å²) in [5.41, 5.74) is 1.94. The highest BCUT2D eigenvalue weighted by atomic mass is 16.5. The third-order valence-electron chi connectivity index (χ3n) is 3.23. The van der Waals surface area contributed by atoms with Gasteiger partial charge in [-0.05, 0) is 25.0 Å². The lowest BCUT2D eigenvalue weighted by Crippen LogP contribution is -2.24. The lowest BCUT2D eigenvalue weighted by atomic mass is 10.1. The number of ether oxygens (including phenoxy) is 1. The summed E-state index contributed by atoms with van der Waals surface area (Å²) in [6.45, 7) is 3.29. The number of carbonyl (C=O) groups is 1. The van der Waals surface area contributed by atoms with Crippen LogP contribution in [0.2, 0.25) is 0 Å². The summed E-state index contributed by atoms with van der Waals surface area (Å²) in [7, 11) is 1.68. The molecule has 0 saturated heterocycles. The first-order valence-electron chi connectivity index (χ1n) is 6.55. The number of fused-ring (bicyclic) bond motifs is 1. The molecular formula is C14H19N3O3. The van der Waals surface area contributed by atoms with E-state index in [1.807, 2.05) is 36.0 Å². The maximum Gasteiger partial charge on any atom is 0.405 e. The zero-order chi connectivity index (χ0) is 14.5. The number of hydrogen-bond donors (Lipinski definition) is 2. The summed E-state index contributed by atoms with van der Waals surface area (Å²) in [6.07, 6.45) is 1.69. The number of aromatic nitrogens is 2. The van der Waals surface area contributed by atoms with E-state index >= 15 is 0 Å². The molecule has 0 radical (unpaired) electrons. The van der Waals surface area contributed by atoms with Gasteiger partial charge in [0.1, 0.15) is 0 Å². The molecule has 2 N–H and O–H groups in total. The van der Waals surface area contributed by atoms with E-state index in [1.165, 1.54) is 0 Å². The molecule has 0 saturated carbocycles. The monoisotopic (exact) mass is 277 g/mol. The van der Waals surface area contributed by atoms with E-state index in [-0.39, 0.29) is 6.04 Å². The lowest BCUT2D eigenvalue weighted by molar-refractivity contribution is 0.189. The molecule has 0 aliphatic carbocycles. The Morgan fingerprint density at radius 3 is 3.05 bits per heavy atom. The minimum Gasteiger partial charge on any atom is -0.465 e. The number of rotatable bonds is 6. The Balaban J connectivity index is 2.22. The molecule has 20 heavy (non-hydrogen) atoms. The molecule has 1 aromatic carbocycles. The maximum absolute atomic E-state index is 10.7. The predicted molar refractivity (Wildman–Crippen MR) is 75.8 cm³/mol. The second-order valence-corrected chi connectivity index (χ2v) is 4.70. The van der Waals surface area contributed by atoms with Gasteiger partial charge in [0.25, 0.3) is 0 Å². The number of benzene rings is 1. The van der Waals surface area contributed by atoms with Crippen molar-refractivity contribution < 1.29 is 14.6 Å². The van der Waals surface area contributed by atoms with Crippen molar-refractivity contribution in [2.45, 2.75) is 25.9 Å². The maximum atomic E-state index is 10.7. The SMILES string of the molecule is COCCCn1ncc2ccc(C(C)NC(=O)O)cc21. The molecule has 1 atom stereocenters. The second kappa shape index (κ2) is 6.38. The molecule has 1 unspecified atom stereocenters. The van der Waals surface area contributed by atoms with Gasteiger partial charge >= 0.3 is 6.09 Å². The van der Waals surface area contributed by atoms with E-state index in [0.717, 1.165) is 29.4 Å². The van der Waals surface area contributed by atoms with Crippen molar-refractivity contribution >= 4 is 17.0 Å². The summed E-state index contributed by atoms with van der Waals surface area (Å²) in [5.74, 6) is 0. The number of nitrogens with zero attached hydrogens (tertiary/aromatic N) is 2. The van der Waals surface area contributed by atoms with Gasteiger partial charge in [0.2, 0.25) is 0 Å². The summed E-state index contributed by atoms with van der Waals surface area (Å²) >= 11 is 0. The smallest absolute Gasteiger partial charge is 0.405 e. The van der Waals surface area contributed by atoms with Gasteiger partial charge in [-0.15, -0.1) is 0 Å². The van der Waals surface area contributed by atoms with Crippen LogP contribution in [-0.4, -0.2) is 34.7 Å².